The van der Waals surface area contributed by atoms with Gasteiger partial charge in [0.2, 0.25) is 12.2 Å². The van der Waals surface area contributed by atoms with Gasteiger partial charge in [0.25, 0.3) is 5.89 Å². The highest BCUT2D eigenvalue weighted by atomic mass is 16.4. The van der Waals surface area contributed by atoms with Gasteiger partial charge in [0, 0.05) is 5.92 Å². The number of aromatic nitrogens is 2. The minimum absolute atomic E-state index is 0.0944. The van der Waals surface area contributed by atoms with Gasteiger partial charge in [0.15, 0.2) is 0 Å². The third-order valence-corrected chi connectivity index (χ3v) is 2.26. The molecule has 2 rings (SSSR count). The monoisotopic (exact) mass is 166 g/mol. The SMILES string of the molecule is O=Cc1nnc(C2CCCC2)o1. The van der Waals surface area contributed by atoms with Gasteiger partial charge in [-0.1, -0.05) is 12.8 Å². The van der Waals surface area contributed by atoms with E-state index in [1.807, 2.05) is 0 Å². The van der Waals surface area contributed by atoms with Gasteiger partial charge in [-0.05, 0) is 12.8 Å². The molecule has 0 spiro atoms. The molecule has 64 valence electrons. The van der Waals surface area contributed by atoms with Crippen LogP contribution in [0.15, 0.2) is 4.42 Å². The fraction of sp³-hybridized carbons (Fsp3) is 0.625. The van der Waals surface area contributed by atoms with E-state index in [9.17, 15) is 4.79 Å². The Morgan fingerprint density at radius 2 is 2.08 bits per heavy atom. The smallest absolute Gasteiger partial charge is 0.280 e. The fourth-order valence-corrected chi connectivity index (χ4v) is 1.63. The van der Waals surface area contributed by atoms with E-state index < -0.39 is 0 Å². The zero-order valence-corrected chi connectivity index (χ0v) is 6.69. The van der Waals surface area contributed by atoms with Crippen LogP contribution in [0.4, 0.5) is 0 Å². The molecule has 1 saturated carbocycles. The molecule has 0 saturated heterocycles. The van der Waals surface area contributed by atoms with Crippen molar-refractivity contribution in [3.63, 3.8) is 0 Å². The lowest BCUT2D eigenvalue weighted by Gasteiger charge is -1.99. The Balaban J connectivity index is 2.16. The van der Waals surface area contributed by atoms with Crippen molar-refractivity contribution in [2.45, 2.75) is 31.6 Å². The Morgan fingerprint density at radius 3 is 2.67 bits per heavy atom. The Kier molecular flexibility index (Phi) is 1.89. The van der Waals surface area contributed by atoms with Gasteiger partial charge >= 0.3 is 0 Å². The summed E-state index contributed by atoms with van der Waals surface area (Å²) in [5.41, 5.74) is 0. The van der Waals surface area contributed by atoms with Gasteiger partial charge in [-0.15, -0.1) is 10.2 Å². The maximum Gasteiger partial charge on any atom is 0.280 e. The van der Waals surface area contributed by atoms with Crippen molar-refractivity contribution in [3.05, 3.63) is 11.8 Å². The van der Waals surface area contributed by atoms with E-state index in [0.717, 1.165) is 12.8 Å². The number of rotatable bonds is 2. The van der Waals surface area contributed by atoms with E-state index in [1.165, 1.54) is 12.8 Å². The summed E-state index contributed by atoms with van der Waals surface area (Å²) in [5, 5.41) is 7.42. The van der Waals surface area contributed by atoms with Gasteiger partial charge in [0.1, 0.15) is 0 Å². The molecular formula is C8H10N2O2. The predicted octanol–water partition coefficient (Wildman–Crippen LogP) is 1.54. The molecule has 0 N–H and O–H groups in total. The standard InChI is InChI=1S/C8H10N2O2/c11-5-7-9-10-8(12-7)6-3-1-2-4-6/h5-6H,1-4H2. The van der Waals surface area contributed by atoms with Crippen molar-refractivity contribution in [3.8, 4) is 0 Å². The van der Waals surface area contributed by atoms with E-state index >= 15 is 0 Å². The van der Waals surface area contributed by atoms with Crippen molar-refractivity contribution in [2.75, 3.05) is 0 Å². The molecule has 0 aliphatic heterocycles. The van der Waals surface area contributed by atoms with E-state index in [1.54, 1.807) is 0 Å². The van der Waals surface area contributed by atoms with Gasteiger partial charge in [-0.25, -0.2) is 0 Å². The quantitative estimate of drug-likeness (QED) is 0.625. The highest BCUT2D eigenvalue weighted by molar-refractivity contribution is 5.66. The molecule has 1 heterocycles. The zero-order chi connectivity index (χ0) is 8.39. The maximum absolute atomic E-state index is 10.2. The second-order valence-electron chi connectivity index (χ2n) is 3.08. The highest BCUT2D eigenvalue weighted by Gasteiger charge is 2.22. The molecule has 0 amide bonds. The highest BCUT2D eigenvalue weighted by Crippen LogP contribution is 2.32. The van der Waals surface area contributed by atoms with E-state index in [0.29, 0.717) is 18.1 Å². The van der Waals surface area contributed by atoms with Gasteiger partial charge < -0.3 is 4.42 Å². The van der Waals surface area contributed by atoms with Crippen LogP contribution in [0.1, 0.15) is 48.2 Å². The third-order valence-electron chi connectivity index (χ3n) is 2.26. The molecule has 0 atom stereocenters. The summed E-state index contributed by atoms with van der Waals surface area (Å²) in [6.07, 6.45) is 5.26. The van der Waals surface area contributed by atoms with Crippen molar-refractivity contribution in [1.82, 2.24) is 10.2 Å². The minimum Gasteiger partial charge on any atom is -0.418 e. The molecule has 12 heavy (non-hydrogen) atoms. The summed E-state index contributed by atoms with van der Waals surface area (Å²) in [6, 6.07) is 0. The Labute approximate surface area is 70.0 Å². The summed E-state index contributed by atoms with van der Waals surface area (Å²) in [5.74, 6) is 1.12. The largest absolute Gasteiger partial charge is 0.418 e. The van der Waals surface area contributed by atoms with Crippen LogP contribution in [0.25, 0.3) is 0 Å². The average Bonchev–Trinajstić information content (AvgIpc) is 2.75. The van der Waals surface area contributed by atoms with Gasteiger partial charge in [-0.3, -0.25) is 4.79 Å². The van der Waals surface area contributed by atoms with Crippen LogP contribution < -0.4 is 0 Å². The van der Waals surface area contributed by atoms with Crippen LogP contribution in [-0.2, 0) is 0 Å². The molecule has 0 radical (unpaired) electrons. The number of aldehydes is 1. The molecule has 1 fully saturated rings. The van der Waals surface area contributed by atoms with Crippen molar-refractivity contribution in [1.29, 1.82) is 0 Å². The van der Waals surface area contributed by atoms with Crippen LogP contribution in [0.2, 0.25) is 0 Å². The number of carbonyl (C=O) groups excluding carboxylic acids is 1. The molecule has 0 unspecified atom stereocenters. The van der Waals surface area contributed by atoms with Crippen LogP contribution in [0.3, 0.4) is 0 Å². The second kappa shape index (κ2) is 3.05. The van der Waals surface area contributed by atoms with Crippen molar-refractivity contribution < 1.29 is 9.21 Å². The Hall–Kier alpha value is -1.19. The first-order chi connectivity index (χ1) is 5.90. The lowest BCUT2D eigenvalue weighted by atomic mass is 10.1. The van der Waals surface area contributed by atoms with E-state index in [2.05, 4.69) is 10.2 Å². The average molecular weight is 166 g/mol. The van der Waals surface area contributed by atoms with E-state index in [-0.39, 0.29) is 5.89 Å². The molecule has 4 heteroatoms. The molecule has 1 aromatic heterocycles. The molecule has 1 aromatic rings. The molecule has 0 aromatic carbocycles. The molecular weight excluding hydrogens is 156 g/mol. The van der Waals surface area contributed by atoms with Crippen molar-refractivity contribution >= 4 is 6.29 Å². The fourth-order valence-electron chi connectivity index (χ4n) is 1.63. The normalized spacial score (nSPS) is 18.3. The molecule has 0 bridgehead atoms. The third kappa shape index (κ3) is 1.24. The van der Waals surface area contributed by atoms with Crippen LogP contribution in [0, 0.1) is 0 Å². The summed E-state index contributed by atoms with van der Waals surface area (Å²) >= 11 is 0. The summed E-state index contributed by atoms with van der Waals surface area (Å²) in [7, 11) is 0. The van der Waals surface area contributed by atoms with Crippen LogP contribution in [0.5, 0.6) is 0 Å². The first kappa shape index (κ1) is 7.46. The van der Waals surface area contributed by atoms with Crippen LogP contribution in [-0.4, -0.2) is 16.5 Å². The molecule has 4 nitrogen and oxygen atoms in total. The van der Waals surface area contributed by atoms with Crippen LogP contribution >= 0.6 is 0 Å². The topological polar surface area (TPSA) is 56.0 Å². The lowest BCUT2D eigenvalue weighted by molar-refractivity contribution is 0.109. The number of carbonyl (C=O) groups is 1. The Bertz CT molecular complexity index is 276. The number of nitrogens with zero attached hydrogens (tertiary/aromatic N) is 2. The molecule has 1 aliphatic carbocycles. The van der Waals surface area contributed by atoms with E-state index in [4.69, 9.17) is 4.42 Å². The number of hydrogen-bond donors (Lipinski definition) is 0. The summed E-state index contributed by atoms with van der Waals surface area (Å²) < 4.78 is 5.13. The number of hydrogen-bond acceptors (Lipinski definition) is 4. The lowest BCUT2D eigenvalue weighted by Crippen LogP contribution is -1.91. The maximum atomic E-state index is 10.2. The summed E-state index contributed by atoms with van der Waals surface area (Å²) in [6.45, 7) is 0. The predicted molar refractivity (Wildman–Crippen MR) is 40.9 cm³/mol. The van der Waals surface area contributed by atoms with Gasteiger partial charge in [0.05, 0.1) is 0 Å². The van der Waals surface area contributed by atoms with Gasteiger partial charge in [-0.2, -0.15) is 0 Å². The Morgan fingerprint density at radius 1 is 1.33 bits per heavy atom. The minimum atomic E-state index is 0.0944. The second-order valence-corrected chi connectivity index (χ2v) is 3.08. The zero-order valence-electron chi connectivity index (χ0n) is 6.69. The van der Waals surface area contributed by atoms with Crippen molar-refractivity contribution in [2.24, 2.45) is 0 Å². The summed E-state index contributed by atoms with van der Waals surface area (Å²) in [4.78, 5) is 10.2. The first-order valence-electron chi connectivity index (χ1n) is 4.19. The molecule has 1 aliphatic rings. The first-order valence-corrected chi connectivity index (χ1v) is 4.19.